The maximum Gasteiger partial charge on any atom is 0.306 e. The quantitative estimate of drug-likeness (QED) is 0.0262. The van der Waals surface area contributed by atoms with E-state index in [9.17, 15) is 14.4 Å². The maximum absolute atomic E-state index is 12.8. The normalized spacial score (nSPS) is 12.2. The topological polar surface area (TPSA) is 78.9 Å². The van der Waals surface area contributed by atoms with Crippen molar-refractivity contribution in [3.63, 3.8) is 0 Å². The maximum atomic E-state index is 12.8. The summed E-state index contributed by atoms with van der Waals surface area (Å²) in [5.41, 5.74) is 0. The number of unbranched alkanes of at least 4 members (excludes halogenated alkanes) is 35. The summed E-state index contributed by atoms with van der Waals surface area (Å²) in [6, 6.07) is 0. The third kappa shape index (κ3) is 52.5. The van der Waals surface area contributed by atoms with Crippen LogP contribution in [0.15, 0.2) is 36.5 Å². The number of allylic oxidation sites excluding steroid dienone is 6. The Labute approximate surface area is 404 Å². The van der Waals surface area contributed by atoms with E-state index in [-0.39, 0.29) is 31.1 Å². The fourth-order valence-corrected chi connectivity index (χ4v) is 8.40. The molecule has 1 unspecified atom stereocenters. The molecule has 0 rings (SSSR count). The van der Waals surface area contributed by atoms with Crippen LogP contribution in [0.5, 0.6) is 0 Å². The first-order valence-corrected chi connectivity index (χ1v) is 28.5. The van der Waals surface area contributed by atoms with Gasteiger partial charge in [-0.3, -0.25) is 14.4 Å². The van der Waals surface area contributed by atoms with Gasteiger partial charge in [0.2, 0.25) is 0 Å². The van der Waals surface area contributed by atoms with Gasteiger partial charge in [0.05, 0.1) is 0 Å². The van der Waals surface area contributed by atoms with Crippen LogP contribution in [0.3, 0.4) is 0 Å². The lowest BCUT2D eigenvalue weighted by Gasteiger charge is -2.18. The SMILES string of the molecule is CC/C=C\C/C=C\C/C=C\CCCCCCCCCC(=O)OC(COC(=O)CCCCCCCCC)COC(=O)CCCCCCCCCCCCCCCCCCCCCCCCC. The van der Waals surface area contributed by atoms with Gasteiger partial charge in [-0.25, -0.2) is 0 Å². The van der Waals surface area contributed by atoms with Gasteiger partial charge in [-0.15, -0.1) is 0 Å². The largest absolute Gasteiger partial charge is 0.462 e. The molecule has 0 heterocycles. The molecule has 0 spiro atoms. The van der Waals surface area contributed by atoms with Gasteiger partial charge in [-0.2, -0.15) is 0 Å². The number of hydrogen-bond acceptors (Lipinski definition) is 6. The lowest BCUT2D eigenvalue weighted by atomic mass is 10.0. The molecule has 1 atom stereocenters. The number of rotatable bonds is 52. The van der Waals surface area contributed by atoms with Gasteiger partial charge in [0.1, 0.15) is 13.2 Å². The van der Waals surface area contributed by atoms with Crippen molar-refractivity contribution in [1.29, 1.82) is 0 Å². The van der Waals surface area contributed by atoms with E-state index in [1.165, 1.54) is 180 Å². The molecule has 0 aromatic carbocycles. The summed E-state index contributed by atoms with van der Waals surface area (Å²) in [6.45, 7) is 6.52. The smallest absolute Gasteiger partial charge is 0.306 e. The van der Waals surface area contributed by atoms with E-state index in [2.05, 4.69) is 57.2 Å². The van der Waals surface area contributed by atoms with Crippen LogP contribution >= 0.6 is 0 Å². The predicted octanol–water partition coefficient (Wildman–Crippen LogP) is 18.9. The van der Waals surface area contributed by atoms with Crippen LogP contribution in [0.1, 0.15) is 303 Å². The molecule has 6 heteroatoms. The molecule has 0 bridgehead atoms. The monoisotopic (exact) mass is 913 g/mol. The Kier molecular flexibility index (Phi) is 52.3. The van der Waals surface area contributed by atoms with Crippen LogP contribution < -0.4 is 0 Å². The Hall–Kier alpha value is -2.37. The summed E-state index contributed by atoms with van der Waals surface area (Å²) in [6.07, 6.45) is 64.5. The van der Waals surface area contributed by atoms with Gasteiger partial charge >= 0.3 is 17.9 Å². The average Bonchev–Trinajstić information content (AvgIpc) is 3.30. The highest BCUT2D eigenvalue weighted by Crippen LogP contribution is 2.17. The minimum atomic E-state index is -0.771. The molecule has 0 aliphatic rings. The van der Waals surface area contributed by atoms with Crippen molar-refractivity contribution >= 4 is 17.9 Å². The van der Waals surface area contributed by atoms with Gasteiger partial charge in [-0.1, -0.05) is 269 Å². The molecule has 0 radical (unpaired) electrons. The molecule has 0 saturated carbocycles. The van der Waals surface area contributed by atoms with Crippen molar-refractivity contribution in [3.8, 4) is 0 Å². The van der Waals surface area contributed by atoms with Crippen LogP contribution in [0.2, 0.25) is 0 Å². The standard InChI is InChI=1S/C59H108O6/c1-4-7-10-13-16-18-20-22-24-26-27-28-29-30-31-33-34-36-38-40-43-46-49-52-58(61)64-55-56(54-63-57(60)51-48-45-42-15-12-9-6-3)65-59(62)53-50-47-44-41-39-37-35-32-25-23-21-19-17-14-11-8-5-2/h8,11,17,19,23,25,56H,4-7,9-10,12-16,18,20-22,24,26-55H2,1-3H3/b11-8-,19-17-,25-23-. The summed E-state index contributed by atoms with van der Waals surface area (Å²) in [7, 11) is 0. The first kappa shape index (κ1) is 62.6. The molecular formula is C59H108O6. The number of ether oxygens (including phenoxy) is 3. The number of hydrogen-bond donors (Lipinski definition) is 0. The molecule has 0 saturated heterocycles. The lowest BCUT2D eigenvalue weighted by Crippen LogP contribution is -2.30. The number of esters is 3. The summed E-state index contributed by atoms with van der Waals surface area (Å²) in [5, 5.41) is 0. The van der Waals surface area contributed by atoms with Gasteiger partial charge in [0.15, 0.2) is 6.10 Å². The van der Waals surface area contributed by atoms with Crippen molar-refractivity contribution < 1.29 is 28.6 Å². The van der Waals surface area contributed by atoms with Gasteiger partial charge in [-0.05, 0) is 51.4 Å². The van der Waals surface area contributed by atoms with Gasteiger partial charge in [0.25, 0.3) is 0 Å². The Bertz CT molecular complexity index is 1090. The van der Waals surface area contributed by atoms with Crippen LogP contribution in [-0.4, -0.2) is 37.2 Å². The van der Waals surface area contributed by atoms with Crippen LogP contribution in [0, 0.1) is 0 Å². The molecule has 0 aromatic heterocycles. The zero-order valence-corrected chi connectivity index (χ0v) is 43.5. The fourth-order valence-electron chi connectivity index (χ4n) is 8.40. The van der Waals surface area contributed by atoms with E-state index >= 15 is 0 Å². The van der Waals surface area contributed by atoms with Crippen molar-refractivity contribution in [2.45, 2.75) is 309 Å². The highest BCUT2D eigenvalue weighted by Gasteiger charge is 2.19. The van der Waals surface area contributed by atoms with E-state index in [1.807, 2.05) is 0 Å². The number of carbonyl (C=O) groups is 3. The second kappa shape index (κ2) is 54.2. The third-order valence-corrected chi connectivity index (χ3v) is 12.7. The molecule has 0 N–H and O–H groups in total. The molecule has 380 valence electrons. The zero-order chi connectivity index (χ0) is 47.2. The fraction of sp³-hybridized carbons (Fsp3) is 0.847. The van der Waals surface area contributed by atoms with E-state index in [1.54, 1.807) is 0 Å². The Morgan fingerprint density at radius 3 is 0.938 bits per heavy atom. The molecule has 65 heavy (non-hydrogen) atoms. The van der Waals surface area contributed by atoms with E-state index in [0.29, 0.717) is 19.3 Å². The molecular weight excluding hydrogens is 805 g/mol. The molecule has 0 aliphatic heterocycles. The summed E-state index contributed by atoms with van der Waals surface area (Å²) in [5.74, 6) is -0.874. The van der Waals surface area contributed by atoms with E-state index in [0.717, 1.165) is 83.5 Å². The number of carbonyl (C=O) groups excluding carboxylic acids is 3. The summed E-state index contributed by atoms with van der Waals surface area (Å²) < 4.78 is 16.8. The molecule has 0 aliphatic carbocycles. The van der Waals surface area contributed by atoms with Crippen molar-refractivity contribution in [2.75, 3.05) is 13.2 Å². The van der Waals surface area contributed by atoms with Crippen molar-refractivity contribution in [1.82, 2.24) is 0 Å². The molecule has 0 fully saturated rings. The third-order valence-electron chi connectivity index (χ3n) is 12.7. The Morgan fingerprint density at radius 1 is 0.323 bits per heavy atom. The highest BCUT2D eigenvalue weighted by atomic mass is 16.6. The Morgan fingerprint density at radius 2 is 0.600 bits per heavy atom. The molecule has 0 amide bonds. The minimum Gasteiger partial charge on any atom is -0.462 e. The summed E-state index contributed by atoms with van der Waals surface area (Å²) in [4.78, 5) is 37.9. The minimum absolute atomic E-state index is 0.0722. The lowest BCUT2D eigenvalue weighted by molar-refractivity contribution is -0.167. The second-order valence-electron chi connectivity index (χ2n) is 19.2. The van der Waals surface area contributed by atoms with E-state index in [4.69, 9.17) is 14.2 Å². The van der Waals surface area contributed by atoms with E-state index < -0.39 is 6.10 Å². The van der Waals surface area contributed by atoms with Crippen LogP contribution in [-0.2, 0) is 28.6 Å². The average molecular weight is 914 g/mol. The second-order valence-corrected chi connectivity index (χ2v) is 19.2. The molecule has 6 nitrogen and oxygen atoms in total. The Balaban J connectivity index is 4.13. The highest BCUT2D eigenvalue weighted by molar-refractivity contribution is 5.71. The predicted molar refractivity (Wildman–Crippen MR) is 279 cm³/mol. The first-order chi connectivity index (χ1) is 32.0. The van der Waals surface area contributed by atoms with Crippen LogP contribution in [0.4, 0.5) is 0 Å². The zero-order valence-electron chi connectivity index (χ0n) is 43.5. The van der Waals surface area contributed by atoms with Crippen molar-refractivity contribution in [2.24, 2.45) is 0 Å². The summed E-state index contributed by atoms with van der Waals surface area (Å²) >= 11 is 0. The van der Waals surface area contributed by atoms with Gasteiger partial charge in [0, 0.05) is 19.3 Å². The molecule has 0 aromatic rings. The van der Waals surface area contributed by atoms with Crippen LogP contribution in [0.25, 0.3) is 0 Å². The van der Waals surface area contributed by atoms with Gasteiger partial charge < -0.3 is 14.2 Å². The first-order valence-electron chi connectivity index (χ1n) is 28.5. The van der Waals surface area contributed by atoms with Crippen molar-refractivity contribution in [3.05, 3.63) is 36.5 Å².